The maximum absolute atomic E-state index is 12.7. The molecule has 33 heavy (non-hydrogen) atoms. The molecule has 0 aliphatic rings. The maximum atomic E-state index is 12.7. The van der Waals surface area contributed by atoms with E-state index in [9.17, 15) is 14.7 Å². The van der Waals surface area contributed by atoms with Crippen molar-refractivity contribution in [3.8, 4) is 0 Å². The molecule has 0 radical (unpaired) electrons. The van der Waals surface area contributed by atoms with Gasteiger partial charge in [-0.15, -0.1) is 11.3 Å². The molecule has 0 fully saturated rings. The van der Waals surface area contributed by atoms with Gasteiger partial charge in [0, 0.05) is 16.7 Å². The monoisotopic (exact) mass is 472 g/mol. The summed E-state index contributed by atoms with van der Waals surface area (Å²) in [6, 6.07) is 8.82. The van der Waals surface area contributed by atoms with Crippen molar-refractivity contribution in [2.75, 3.05) is 0 Å². The number of carboxylic acid groups (broad SMARTS) is 1. The molecular weight excluding hydrogens is 432 g/mol. The van der Waals surface area contributed by atoms with Gasteiger partial charge in [-0.05, 0) is 80.7 Å². The summed E-state index contributed by atoms with van der Waals surface area (Å²) >= 11 is 1.52. The number of carbonyl (C=O) groups is 2. The molecule has 0 saturated carbocycles. The number of carboxylic acids is 1. The molecule has 1 aromatic carbocycles. The average molecular weight is 473 g/mol. The zero-order chi connectivity index (χ0) is 24.8. The molecule has 2 N–H and O–H groups in total. The molecule has 0 amide bonds. The van der Waals surface area contributed by atoms with Crippen molar-refractivity contribution in [2.24, 2.45) is 0 Å². The lowest BCUT2D eigenvalue weighted by Gasteiger charge is -2.32. The van der Waals surface area contributed by atoms with Crippen molar-refractivity contribution in [1.82, 2.24) is 0 Å². The van der Waals surface area contributed by atoms with Crippen molar-refractivity contribution < 1.29 is 19.8 Å². The Balaban J connectivity index is 2.37. The molecule has 0 spiro atoms. The number of hydrogen-bond acceptors (Lipinski definition) is 4. The number of aliphatic carboxylic acids is 1. The first-order chi connectivity index (χ1) is 15.6. The van der Waals surface area contributed by atoms with Crippen molar-refractivity contribution >= 4 is 23.1 Å². The van der Waals surface area contributed by atoms with Crippen LogP contribution in [0, 0.1) is 13.8 Å². The van der Waals surface area contributed by atoms with Crippen LogP contribution in [0.3, 0.4) is 0 Å². The highest BCUT2D eigenvalue weighted by Gasteiger charge is 2.34. The molecule has 0 atom stereocenters. The minimum Gasteiger partial charge on any atom is -0.481 e. The van der Waals surface area contributed by atoms with Gasteiger partial charge in [-0.25, -0.2) is 0 Å². The van der Waals surface area contributed by atoms with Crippen molar-refractivity contribution in [2.45, 2.75) is 104 Å². The van der Waals surface area contributed by atoms with Crippen LogP contribution in [-0.2, 0) is 16.6 Å². The normalized spacial score (nSPS) is 12.2. The highest BCUT2D eigenvalue weighted by molar-refractivity contribution is 7.14. The summed E-state index contributed by atoms with van der Waals surface area (Å²) < 4.78 is 0. The third-order valence-electron chi connectivity index (χ3n) is 7.49. The predicted molar refractivity (Wildman–Crippen MR) is 137 cm³/mol. The number of carbonyl (C=O) groups excluding carboxylic acids is 1. The van der Waals surface area contributed by atoms with Gasteiger partial charge < -0.3 is 10.2 Å². The van der Waals surface area contributed by atoms with Gasteiger partial charge in [0.25, 0.3) is 0 Å². The lowest BCUT2D eigenvalue weighted by molar-refractivity contribution is -0.136. The number of thiophene rings is 1. The highest BCUT2D eigenvalue weighted by atomic mass is 32.1. The van der Waals surface area contributed by atoms with Crippen LogP contribution in [0.25, 0.3) is 0 Å². The first-order valence-corrected chi connectivity index (χ1v) is 13.1. The molecule has 5 heteroatoms. The van der Waals surface area contributed by atoms with E-state index in [2.05, 4.69) is 45.0 Å². The quantitative estimate of drug-likeness (QED) is 0.308. The van der Waals surface area contributed by atoms with Crippen LogP contribution in [0.4, 0.5) is 0 Å². The van der Waals surface area contributed by atoms with Gasteiger partial charge in [0.05, 0.1) is 16.9 Å². The Morgan fingerprint density at radius 1 is 0.909 bits per heavy atom. The Kier molecular flexibility index (Phi) is 9.45. The number of rotatable bonds is 13. The second-order valence-electron chi connectivity index (χ2n) is 9.30. The van der Waals surface area contributed by atoms with Gasteiger partial charge in [-0.1, -0.05) is 45.9 Å². The lowest BCUT2D eigenvalue weighted by Crippen LogP contribution is -2.27. The zero-order valence-corrected chi connectivity index (χ0v) is 21.9. The van der Waals surface area contributed by atoms with Gasteiger partial charge in [0.15, 0.2) is 5.78 Å². The summed E-state index contributed by atoms with van der Waals surface area (Å²) in [7, 11) is 0. The van der Waals surface area contributed by atoms with Crippen LogP contribution in [0.1, 0.15) is 109 Å². The molecule has 1 heterocycles. The Morgan fingerprint density at radius 2 is 1.55 bits per heavy atom. The SMILES string of the molecule is CCC(O)(CC)CCc1ccc(C(CC)(CC)c2cc(C)c(C(=O)CCC(=O)O)s2)cc1C. The summed E-state index contributed by atoms with van der Waals surface area (Å²) in [5.74, 6) is -1.03. The van der Waals surface area contributed by atoms with Gasteiger partial charge in [0.1, 0.15) is 0 Å². The topological polar surface area (TPSA) is 74.6 Å². The molecule has 0 bridgehead atoms. The number of Topliss-reactive ketones (excluding diaryl/α,β-unsaturated/α-hetero) is 1. The second kappa shape index (κ2) is 11.4. The minimum absolute atomic E-state index is 0.0387. The number of hydrogen-bond donors (Lipinski definition) is 2. The number of benzene rings is 1. The molecule has 182 valence electrons. The van der Waals surface area contributed by atoms with E-state index in [1.54, 1.807) is 0 Å². The fraction of sp³-hybridized carbons (Fsp3) is 0.571. The molecule has 1 aromatic heterocycles. The third kappa shape index (κ3) is 6.13. The Hall–Kier alpha value is -1.98. The summed E-state index contributed by atoms with van der Waals surface area (Å²) in [6.45, 7) is 12.6. The van der Waals surface area contributed by atoms with Crippen molar-refractivity contribution in [3.63, 3.8) is 0 Å². The minimum atomic E-state index is -0.943. The fourth-order valence-electron chi connectivity index (χ4n) is 4.72. The van der Waals surface area contributed by atoms with Crippen LogP contribution >= 0.6 is 11.3 Å². The first-order valence-electron chi connectivity index (χ1n) is 12.2. The van der Waals surface area contributed by atoms with Crippen LogP contribution in [0.15, 0.2) is 24.3 Å². The smallest absolute Gasteiger partial charge is 0.303 e. The van der Waals surface area contributed by atoms with E-state index >= 15 is 0 Å². The summed E-state index contributed by atoms with van der Waals surface area (Å²) in [6.07, 6.45) is 4.88. The molecule has 2 aromatic rings. The molecule has 4 nitrogen and oxygen atoms in total. The highest BCUT2D eigenvalue weighted by Crippen LogP contribution is 2.44. The molecule has 0 aliphatic heterocycles. The molecular formula is C28H40O4S. The van der Waals surface area contributed by atoms with Crippen LogP contribution in [0.2, 0.25) is 0 Å². The van der Waals surface area contributed by atoms with Crippen LogP contribution in [0.5, 0.6) is 0 Å². The predicted octanol–water partition coefficient (Wildman–Crippen LogP) is 7.00. The molecule has 0 unspecified atom stereocenters. The maximum Gasteiger partial charge on any atom is 0.303 e. The summed E-state index contributed by atoms with van der Waals surface area (Å²) in [4.78, 5) is 25.4. The van der Waals surface area contributed by atoms with Gasteiger partial charge in [0.2, 0.25) is 0 Å². The fourth-order valence-corrected chi connectivity index (χ4v) is 6.22. The molecule has 2 rings (SSSR count). The van der Waals surface area contributed by atoms with Crippen LogP contribution in [-0.4, -0.2) is 27.6 Å². The standard InChI is InChI=1S/C28H40O4S/c1-7-27(32,8-2)16-15-21-11-12-22(17-19(21)5)28(9-3,10-4)24-18-20(6)26(33-24)23(29)13-14-25(30)31/h11-12,17-18,32H,7-10,13-16H2,1-6H3,(H,30,31). The number of ketones is 1. The van der Waals surface area contributed by atoms with Gasteiger partial charge in [-0.3, -0.25) is 9.59 Å². The van der Waals surface area contributed by atoms with E-state index in [0.29, 0.717) is 4.88 Å². The van der Waals surface area contributed by atoms with E-state index in [1.165, 1.54) is 32.9 Å². The van der Waals surface area contributed by atoms with Crippen molar-refractivity contribution in [3.05, 3.63) is 56.3 Å². The van der Waals surface area contributed by atoms with E-state index in [1.807, 2.05) is 20.8 Å². The van der Waals surface area contributed by atoms with E-state index in [-0.39, 0.29) is 24.0 Å². The van der Waals surface area contributed by atoms with Gasteiger partial charge >= 0.3 is 5.97 Å². The molecule has 0 saturated heterocycles. The summed E-state index contributed by atoms with van der Waals surface area (Å²) in [5.41, 5.74) is 3.91. The van der Waals surface area contributed by atoms with E-state index in [0.717, 1.165) is 44.1 Å². The average Bonchev–Trinajstić information content (AvgIpc) is 3.19. The number of aliphatic hydroxyl groups is 1. The molecule has 0 aliphatic carbocycles. The van der Waals surface area contributed by atoms with E-state index < -0.39 is 11.6 Å². The number of aryl methyl sites for hydroxylation is 3. The largest absolute Gasteiger partial charge is 0.481 e. The Labute approximate surface area is 203 Å². The second-order valence-corrected chi connectivity index (χ2v) is 10.4. The Morgan fingerprint density at radius 3 is 2.06 bits per heavy atom. The lowest BCUT2D eigenvalue weighted by atomic mass is 9.73. The first kappa shape index (κ1) is 27.3. The Bertz CT molecular complexity index is 964. The van der Waals surface area contributed by atoms with Gasteiger partial charge in [-0.2, -0.15) is 0 Å². The summed E-state index contributed by atoms with van der Waals surface area (Å²) in [5, 5.41) is 19.6. The third-order valence-corrected chi connectivity index (χ3v) is 8.97. The van der Waals surface area contributed by atoms with E-state index in [4.69, 9.17) is 5.11 Å². The van der Waals surface area contributed by atoms with Crippen LogP contribution < -0.4 is 0 Å². The zero-order valence-electron chi connectivity index (χ0n) is 21.1. The van der Waals surface area contributed by atoms with Crippen molar-refractivity contribution in [1.29, 1.82) is 0 Å².